The monoisotopic (exact) mass is 241 g/mol. The Morgan fingerprint density at radius 3 is 2.47 bits per heavy atom. The van der Waals surface area contributed by atoms with Gasteiger partial charge in [-0.2, -0.15) is 0 Å². The molecule has 94 valence electrons. The van der Waals surface area contributed by atoms with E-state index in [1.165, 1.54) is 7.05 Å². The quantitative estimate of drug-likeness (QED) is 0.452. The summed E-state index contributed by atoms with van der Waals surface area (Å²) < 4.78 is 0. The van der Waals surface area contributed by atoms with Crippen molar-refractivity contribution in [2.45, 2.75) is 25.0 Å². The number of carbonyl (C=O) groups excluding carboxylic acids is 3. The molecule has 1 aliphatic carbocycles. The summed E-state index contributed by atoms with van der Waals surface area (Å²) in [7, 11) is 1.25. The van der Waals surface area contributed by atoms with Crippen molar-refractivity contribution >= 4 is 17.8 Å². The number of nitrogens with one attached hydrogen (secondary N) is 1. The van der Waals surface area contributed by atoms with Crippen LogP contribution in [0.3, 0.4) is 0 Å². The molecule has 0 spiro atoms. The molecule has 1 heterocycles. The molecule has 2 N–H and O–H groups in total. The van der Waals surface area contributed by atoms with Gasteiger partial charge in [-0.25, -0.2) is 4.79 Å². The highest BCUT2D eigenvalue weighted by atomic mass is 16.3. The molecule has 0 aromatic carbocycles. The van der Waals surface area contributed by atoms with Crippen molar-refractivity contribution in [3.63, 3.8) is 0 Å². The molecule has 4 amide bonds. The third kappa shape index (κ3) is 2.45. The topological polar surface area (TPSA) is 90.0 Å². The van der Waals surface area contributed by atoms with E-state index in [-0.39, 0.29) is 6.54 Å². The fourth-order valence-corrected chi connectivity index (χ4v) is 1.64. The van der Waals surface area contributed by atoms with Gasteiger partial charge in [0.2, 0.25) is 0 Å². The Kier molecular flexibility index (Phi) is 3.12. The Labute approximate surface area is 98.4 Å². The molecule has 0 bridgehead atoms. The molecule has 2 fully saturated rings. The van der Waals surface area contributed by atoms with Gasteiger partial charge in [-0.1, -0.05) is 0 Å². The molecule has 0 aromatic heterocycles. The molecule has 1 saturated carbocycles. The van der Waals surface area contributed by atoms with Crippen molar-refractivity contribution in [2.24, 2.45) is 0 Å². The number of urea groups is 1. The highest BCUT2D eigenvalue weighted by Crippen LogP contribution is 2.18. The van der Waals surface area contributed by atoms with E-state index < -0.39 is 23.9 Å². The smallest absolute Gasteiger partial charge is 0.334 e. The minimum Gasteiger partial charge on any atom is -0.390 e. The minimum absolute atomic E-state index is 0.145. The molecule has 0 radical (unpaired) electrons. The predicted molar refractivity (Wildman–Crippen MR) is 56.9 cm³/mol. The maximum absolute atomic E-state index is 11.5. The molecule has 2 rings (SSSR count). The zero-order valence-electron chi connectivity index (χ0n) is 9.55. The van der Waals surface area contributed by atoms with Crippen LogP contribution in [0.15, 0.2) is 0 Å². The van der Waals surface area contributed by atoms with Crippen LogP contribution in [0.2, 0.25) is 0 Å². The van der Waals surface area contributed by atoms with Crippen LogP contribution in [-0.2, 0) is 9.59 Å². The maximum Gasteiger partial charge on any atom is 0.334 e. The summed E-state index contributed by atoms with van der Waals surface area (Å²) in [6.45, 7) is 0.174. The molecular weight excluding hydrogens is 226 g/mol. The van der Waals surface area contributed by atoms with Gasteiger partial charge in [0.25, 0.3) is 0 Å². The van der Waals surface area contributed by atoms with Gasteiger partial charge in [0, 0.05) is 19.6 Å². The summed E-state index contributed by atoms with van der Waals surface area (Å²) in [5.74, 6) is -1.72. The van der Waals surface area contributed by atoms with Crippen LogP contribution in [0.4, 0.5) is 4.79 Å². The molecule has 2 aliphatic rings. The van der Waals surface area contributed by atoms with E-state index in [4.69, 9.17) is 0 Å². The number of hydrogen-bond donors (Lipinski definition) is 2. The molecule has 1 unspecified atom stereocenters. The van der Waals surface area contributed by atoms with Crippen LogP contribution < -0.4 is 5.32 Å². The van der Waals surface area contributed by atoms with Crippen molar-refractivity contribution in [1.82, 2.24) is 15.1 Å². The number of β-amino-alcohol motifs (C(OH)–C–C–N with tert-alkyl or cyclic N) is 1. The van der Waals surface area contributed by atoms with E-state index >= 15 is 0 Å². The fourth-order valence-electron chi connectivity index (χ4n) is 1.64. The van der Waals surface area contributed by atoms with E-state index in [1.54, 1.807) is 0 Å². The van der Waals surface area contributed by atoms with Gasteiger partial charge >= 0.3 is 17.8 Å². The lowest BCUT2D eigenvalue weighted by molar-refractivity contribution is -0.143. The van der Waals surface area contributed by atoms with Crippen molar-refractivity contribution in [3.05, 3.63) is 0 Å². The Hall–Kier alpha value is -1.47. The van der Waals surface area contributed by atoms with E-state index in [1.807, 2.05) is 0 Å². The van der Waals surface area contributed by atoms with Crippen LogP contribution in [0, 0.1) is 0 Å². The number of nitrogens with zero attached hydrogens (tertiary/aromatic N) is 2. The van der Waals surface area contributed by atoms with Gasteiger partial charge in [-0.05, 0) is 12.8 Å². The van der Waals surface area contributed by atoms with Gasteiger partial charge in [-0.3, -0.25) is 19.4 Å². The zero-order valence-corrected chi connectivity index (χ0v) is 9.55. The Morgan fingerprint density at radius 1 is 1.35 bits per heavy atom. The van der Waals surface area contributed by atoms with Crippen molar-refractivity contribution in [2.75, 3.05) is 20.1 Å². The molecule has 17 heavy (non-hydrogen) atoms. The SMILES string of the molecule is CN1C(=O)C(=O)N(CC(O)CNC2CC2)C1=O. The van der Waals surface area contributed by atoms with Crippen LogP contribution in [-0.4, -0.2) is 65.0 Å². The summed E-state index contributed by atoms with van der Waals surface area (Å²) >= 11 is 0. The van der Waals surface area contributed by atoms with E-state index in [9.17, 15) is 19.5 Å². The standard InChI is InChI=1S/C10H15N3O4/c1-12-8(15)9(16)13(10(12)17)5-7(14)4-11-6-2-3-6/h6-7,11,14H,2-5H2,1H3. The van der Waals surface area contributed by atoms with E-state index in [0.29, 0.717) is 12.6 Å². The number of hydrogen-bond acceptors (Lipinski definition) is 5. The third-order valence-corrected chi connectivity index (χ3v) is 2.86. The van der Waals surface area contributed by atoms with Crippen LogP contribution in [0.25, 0.3) is 0 Å². The average molecular weight is 241 g/mol. The highest BCUT2D eigenvalue weighted by Gasteiger charge is 2.42. The molecular formula is C10H15N3O4. The summed E-state index contributed by atoms with van der Waals surface area (Å²) in [4.78, 5) is 35.6. The Morgan fingerprint density at radius 2 is 2.00 bits per heavy atom. The summed E-state index contributed by atoms with van der Waals surface area (Å²) in [6.07, 6.45) is 1.34. The molecule has 1 atom stereocenters. The van der Waals surface area contributed by atoms with Gasteiger partial charge in [-0.15, -0.1) is 0 Å². The van der Waals surface area contributed by atoms with Crippen LogP contribution >= 0.6 is 0 Å². The zero-order chi connectivity index (χ0) is 12.6. The van der Waals surface area contributed by atoms with Crippen molar-refractivity contribution in [1.29, 1.82) is 0 Å². The number of aliphatic hydroxyl groups is 1. The lowest BCUT2D eigenvalue weighted by Gasteiger charge is -2.17. The lowest BCUT2D eigenvalue weighted by atomic mass is 10.3. The normalized spacial score (nSPS) is 22.6. The number of rotatable bonds is 5. The Bertz CT molecular complexity index is 367. The first-order chi connectivity index (χ1) is 8.00. The maximum atomic E-state index is 11.5. The molecule has 0 aromatic rings. The first-order valence-corrected chi connectivity index (χ1v) is 5.55. The van der Waals surface area contributed by atoms with Gasteiger partial charge < -0.3 is 10.4 Å². The molecule has 7 nitrogen and oxygen atoms in total. The number of amides is 4. The average Bonchev–Trinajstić information content (AvgIpc) is 3.10. The minimum atomic E-state index is -0.872. The number of likely N-dealkylation sites (N-methyl/N-ethyl adjacent to an activating group) is 1. The second kappa shape index (κ2) is 4.42. The lowest BCUT2D eigenvalue weighted by Crippen LogP contribution is -2.42. The summed E-state index contributed by atoms with van der Waals surface area (Å²) in [6, 6.07) is -0.232. The van der Waals surface area contributed by atoms with Crippen molar-refractivity contribution in [3.8, 4) is 0 Å². The van der Waals surface area contributed by atoms with Crippen LogP contribution in [0.5, 0.6) is 0 Å². The molecule has 7 heteroatoms. The number of imide groups is 2. The highest BCUT2D eigenvalue weighted by molar-refractivity contribution is 6.44. The third-order valence-electron chi connectivity index (χ3n) is 2.86. The van der Waals surface area contributed by atoms with E-state index in [2.05, 4.69) is 5.32 Å². The second-order valence-corrected chi connectivity index (χ2v) is 4.40. The summed E-state index contributed by atoms with van der Waals surface area (Å²) in [5, 5.41) is 12.7. The Balaban J connectivity index is 1.86. The van der Waals surface area contributed by atoms with Gasteiger partial charge in [0.15, 0.2) is 0 Å². The van der Waals surface area contributed by atoms with E-state index in [0.717, 1.165) is 22.6 Å². The summed E-state index contributed by atoms with van der Waals surface area (Å²) in [5.41, 5.74) is 0. The van der Waals surface area contributed by atoms with Crippen molar-refractivity contribution < 1.29 is 19.5 Å². The van der Waals surface area contributed by atoms with Crippen LogP contribution in [0.1, 0.15) is 12.8 Å². The number of aliphatic hydroxyl groups excluding tert-OH is 1. The largest absolute Gasteiger partial charge is 0.390 e. The first-order valence-electron chi connectivity index (χ1n) is 5.55. The number of carbonyl (C=O) groups is 3. The fraction of sp³-hybridized carbons (Fsp3) is 0.700. The molecule has 1 aliphatic heterocycles. The molecule has 1 saturated heterocycles. The van der Waals surface area contributed by atoms with Gasteiger partial charge in [0.1, 0.15) is 0 Å². The first kappa shape index (κ1) is 12.0. The second-order valence-electron chi connectivity index (χ2n) is 4.40. The predicted octanol–water partition coefficient (Wildman–Crippen LogP) is -1.48. The van der Waals surface area contributed by atoms with Gasteiger partial charge in [0.05, 0.1) is 12.6 Å².